The highest BCUT2D eigenvalue weighted by atomic mass is 16.2. The van der Waals surface area contributed by atoms with Crippen LogP contribution in [0.3, 0.4) is 0 Å². The molecule has 0 aliphatic heterocycles. The number of carbonyl (C=O) groups is 1. The average molecular weight is 268 g/mol. The van der Waals surface area contributed by atoms with Gasteiger partial charge in [-0.05, 0) is 44.6 Å². The van der Waals surface area contributed by atoms with Gasteiger partial charge in [-0.3, -0.25) is 4.79 Å². The predicted octanol–water partition coefficient (Wildman–Crippen LogP) is 3.10. The van der Waals surface area contributed by atoms with Crippen molar-refractivity contribution in [3.63, 3.8) is 0 Å². The van der Waals surface area contributed by atoms with Gasteiger partial charge in [-0.1, -0.05) is 39.5 Å². The first-order valence-corrected chi connectivity index (χ1v) is 8.14. The van der Waals surface area contributed by atoms with Crippen LogP contribution in [-0.2, 0) is 4.79 Å². The van der Waals surface area contributed by atoms with E-state index in [1.807, 2.05) is 6.92 Å². The summed E-state index contributed by atoms with van der Waals surface area (Å²) in [6, 6.07) is -0.0575. The summed E-state index contributed by atoms with van der Waals surface area (Å²) in [6.45, 7) is 8.24. The van der Waals surface area contributed by atoms with Crippen molar-refractivity contribution < 1.29 is 4.79 Å². The third kappa shape index (κ3) is 6.95. The van der Waals surface area contributed by atoms with Crippen LogP contribution < -0.4 is 10.6 Å². The molecule has 19 heavy (non-hydrogen) atoms. The summed E-state index contributed by atoms with van der Waals surface area (Å²) in [5.74, 6) is 1.91. The van der Waals surface area contributed by atoms with Gasteiger partial charge in [0.25, 0.3) is 0 Å². The molecule has 1 amide bonds. The number of nitrogens with one attached hydrogen (secondary N) is 2. The van der Waals surface area contributed by atoms with E-state index in [4.69, 9.17) is 0 Å². The maximum Gasteiger partial charge on any atom is 0.236 e. The summed E-state index contributed by atoms with van der Waals surface area (Å²) < 4.78 is 0. The van der Waals surface area contributed by atoms with Gasteiger partial charge in [0.1, 0.15) is 0 Å². The Bertz CT molecular complexity index is 255. The third-order valence-corrected chi connectivity index (χ3v) is 4.27. The second-order valence-corrected chi connectivity index (χ2v) is 6.25. The average Bonchev–Trinajstić information content (AvgIpc) is 2.39. The largest absolute Gasteiger partial charge is 0.355 e. The lowest BCUT2D eigenvalue weighted by atomic mass is 9.81. The Kier molecular flexibility index (Phi) is 8.11. The summed E-state index contributed by atoms with van der Waals surface area (Å²) in [5, 5.41) is 6.34. The van der Waals surface area contributed by atoms with Gasteiger partial charge in [-0.2, -0.15) is 0 Å². The number of hydrogen-bond acceptors (Lipinski definition) is 2. The molecule has 0 spiro atoms. The van der Waals surface area contributed by atoms with Gasteiger partial charge in [0.15, 0.2) is 0 Å². The van der Waals surface area contributed by atoms with Crippen LogP contribution in [0.25, 0.3) is 0 Å². The maximum absolute atomic E-state index is 11.8. The molecule has 0 aromatic rings. The fraction of sp³-hybridized carbons (Fsp3) is 0.938. The molecule has 0 heterocycles. The minimum absolute atomic E-state index is 0.0575. The van der Waals surface area contributed by atoms with Crippen LogP contribution in [0, 0.1) is 11.8 Å². The third-order valence-electron chi connectivity index (χ3n) is 4.27. The summed E-state index contributed by atoms with van der Waals surface area (Å²) in [4.78, 5) is 11.8. The Labute approximate surface area is 118 Å². The van der Waals surface area contributed by atoms with Crippen molar-refractivity contribution in [2.45, 2.75) is 71.8 Å². The smallest absolute Gasteiger partial charge is 0.236 e. The zero-order valence-electron chi connectivity index (χ0n) is 13.0. The minimum Gasteiger partial charge on any atom is -0.355 e. The number of hydrogen-bond donors (Lipinski definition) is 2. The van der Waals surface area contributed by atoms with Crippen molar-refractivity contribution in [1.29, 1.82) is 0 Å². The van der Waals surface area contributed by atoms with Gasteiger partial charge in [0, 0.05) is 6.54 Å². The molecular weight excluding hydrogens is 236 g/mol. The Balaban J connectivity index is 2.08. The van der Waals surface area contributed by atoms with E-state index >= 15 is 0 Å². The quantitative estimate of drug-likeness (QED) is 0.664. The molecule has 112 valence electrons. The van der Waals surface area contributed by atoms with E-state index in [2.05, 4.69) is 24.5 Å². The molecule has 0 saturated heterocycles. The van der Waals surface area contributed by atoms with Gasteiger partial charge in [0.2, 0.25) is 5.91 Å². The zero-order chi connectivity index (χ0) is 14.1. The van der Waals surface area contributed by atoms with Crippen LogP contribution in [0.5, 0.6) is 0 Å². The minimum atomic E-state index is -0.0575. The van der Waals surface area contributed by atoms with Crippen molar-refractivity contribution in [3.05, 3.63) is 0 Å². The van der Waals surface area contributed by atoms with Gasteiger partial charge in [-0.25, -0.2) is 0 Å². The fourth-order valence-electron chi connectivity index (χ4n) is 2.96. The predicted molar refractivity (Wildman–Crippen MR) is 81.1 cm³/mol. The Morgan fingerprint density at radius 1 is 1.32 bits per heavy atom. The van der Waals surface area contributed by atoms with Crippen molar-refractivity contribution >= 4 is 5.91 Å². The molecule has 1 saturated carbocycles. The normalized spacial score (nSPS) is 25.0. The first-order chi connectivity index (χ1) is 9.13. The first kappa shape index (κ1) is 16.5. The second kappa shape index (κ2) is 9.35. The van der Waals surface area contributed by atoms with E-state index in [9.17, 15) is 4.79 Å². The van der Waals surface area contributed by atoms with Crippen LogP contribution in [0.15, 0.2) is 0 Å². The molecule has 0 aromatic heterocycles. The highest BCUT2D eigenvalue weighted by Gasteiger charge is 2.19. The molecular formula is C16H32N2O. The molecule has 3 heteroatoms. The number of amides is 1. The highest BCUT2D eigenvalue weighted by Crippen LogP contribution is 2.30. The van der Waals surface area contributed by atoms with E-state index in [1.165, 1.54) is 32.1 Å². The highest BCUT2D eigenvalue weighted by molar-refractivity contribution is 5.81. The van der Waals surface area contributed by atoms with E-state index in [0.717, 1.165) is 37.8 Å². The van der Waals surface area contributed by atoms with Crippen molar-refractivity contribution in [2.75, 3.05) is 13.1 Å². The van der Waals surface area contributed by atoms with Crippen LogP contribution in [0.1, 0.15) is 65.7 Å². The molecule has 3 nitrogen and oxygen atoms in total. The Morgan fingerprint density at radius 2 is 2.11 bits per heavy atom. The Morgan fingerprint density at radius 3 is 2.79 bits per heavy atom. The number of rotatable bonds is 8. The van der Waals surface area contributed by atoms with Gasteiger partial charge < -0.3 is 10.6 Å². The van der Waals surface area contributed by atoms with Crippen LogP contribution in [-0.4, -0.2) is 25.0 Å². The molecule has 3 unspecified atom stereocenters. The van der Waals surface area contributed by atoms with E-state index < -0.39 is 0 Å². The van der Waals surface area contributed by atoms with E-state index in [-0.39, 0.29) is 11.9 Å². The standard InChI is InChI=1S/C16H32N2O/c1-4-5-10-18-16(19)14(3)17-11-9-15-8-6-7-13(2)12-15/h13-15,17H,4-12H2,1-3H3,(H,18,19). The van der Waals surface area contributed by atoms with Crippen molar-refractivity contribution in [2.24, 2.45) is 11.8 Å². The Hall–Kier alpha value is -0.570. The summed E-state index contributed by atoms with van der Waals surface area (Å²) in [6.07, 6.45) is 8.96. The lowest BCUT2D eigenvalue weighted by Crippen LogP contribution is -2.43. The maximum atomic E-state index is 11.8. The molecule has 1 aliphatic carbocycles. The molecule has 1 fully saturated rings. The SMILES string of the molecule is CCCCNC(=O)C(C)NCCC1CCCC(C)C1. The van der Waals surface area contributed by atoms with Gasteiger partial charge in [-0.15, -0.1) is 0 Å². The molecule has 0 aromatic carbocycles. The lowest BCUT2D eigenvalue weighted by Gasteiger charge is -2.27. The van der Waals surface area contributed by atoms with Crippen molar-refractivity contribution in [3.8, 4) is 0 Å². The van der Waals surface area contributed by atoms with E-state index in [0.29, 0.717) is 0 Å². The molecule has 2 N–H and O–H groups in total. The molecule has 3 atom stereocenters. The summed E-state index contributed by atoms with van der Waals surface area (Å²) in [7, 11) is 0. The second-order valence-electron chi connectivity index (χ2n) is 6.25. The molecule has 0 bridgehead atoms. The number of carbonyl (C=O) groups excluding carboxylic acids is 1. The summed E-state index contributed by atoms with van der Waals surface area (Å²) in [5.41, 5.74) is 0. The van der Waals surface area contributed by atoms with E-state index in [1.54, 1.807) is 0 Å². The number of unbranched alkanes of at least 4 members (excludes halogenated alkanes) is 1. The van der Waals surface area contributed by atoms with Gasteiger partial charge >= 0.3 is 0 Å². The molecule has 1 aliphatic rings. The van der Waals surface area contributed by atoms with Crippen molar-refractivity contribution in [1.82, 2.24) is 10.6 Å². The molecule has 0 radical (unpaired) electrons. The monoisotopic (exact) mass is 268 g/mol. The van der Waals surface area contributed by atoms with Crippen LogP contribution in [0.4, 0.5) is 0 Å². The summed E-state index contributed by atoms with van der Waals surface area (Å²) >= 11 is 0. The van der Waals surface area contributed by atoms with Crippen LogP contribution in [0.2, 0.25) is 0 Å². The first-order valence-electron chi connectivity index (χ1n) is 8.14. The lowest BCUT2D eigenvalue weighted by molar-refractivity contribution is -0.122. The van der Waals surface area contributed by atoms with Gasteiger partial charge in [0.05, 0.1) is 6.04 Å². The molecule has 1 rings (SSSR count). The fourth-order valence-corrected chi connectivity index (χ4v) is 2.96. The zero-order valence-corrected chi connectivity index (χ0v) is 13.0. The van der Waals surface area contributed by atoms with Crippen LogP contribution >= 0.6 is 0 Å². The topological polar surface area (TPSA) is 41.1 Å².